The molecular formula is C16H17BrN2O2. The fraction of sp³-hybridized carbons (Fsp3) is 0.250. The van der Waals surface area contributed by atoms with Gasteiger partial charge in [0.25, 0.3) is 0 Å². The number of likely N-dealkylation sites (N-methyl/N-ethyl adjacent to an activating group) is 1. The van der Waals surface area contributed by atoms with Crippen LogP contribution in [0.15, 0.2) is 53.3 Å². The summed E-state index contributed by atoms with van der Waals surface area (Å²) in [5, 5.41) is 9.52. The molecule has 1 aromatic carbocycles. The quantitative estimate of drug-likeness (QED) is 0.871. The molecule has 1 aromatic heterocycles. The number of pyridine rings is 1. The third-order valence-electron chi connectivity index (χ3n) is 3.32. The summed E-state index contributed by atoms with van der Waals surface area (Å²) >= 11 is 3.38. The third kappa shape index (κ3) is 4.37. The normalized spacial score (nSPS) is 12.3. The van der Waals surface area contributed by atoms with E-state index in [1.165, 1.54) is 0 Å². The Bertz CT molecular complexity index is 604. The Balaban J connectivity index is 2.09. The molecule has 0 saturated heterocycles. The predicted octanol–water partition coefficient (Wildman–Crippen LogP) is 3.14. The summed E-state index contributed by atoms with van der Waals surface area (Å²) in [6, 6.07) is 10.7. The van der Waals surface area contributed by atoms with Crippen molar-refractivity contribution in [3.8, 4) is 0 Å². The highest BCUT2D eigenvalue weighted by molar-refractivity contribution is 9.10. The van der Waals surface area contributed by atoms with Crippen LogP contribution in [0, 0.1) is 0 Å². The van der Waals surface area contributed by atoms with E-state index in [-0.39, 0.29) is 0 Å². The number of hydrogen-bond donors (Lipinski definition) is 1. The lowest BCUT2D eigenvalue weighted by atomic mass is 10.1. The first-order chi connectivity index (χ1) is 10.1. The van der Waals surface area contributed by atoms with Crippen LogP contribution in [0.3, 0.4) is 0 Å². The SMILES string of the molecule is CN(CCc1cccnc1)C(C(=O)O)c1cccc(Br)c1. The average Bonchev–Trinajstić information content (AvgIpc) is 2.46. The number of aliphatic carboxylic acids is 1. The summed E-state index contributed by atoms with van der Waals surface area (Å²) in [5.74, 6) is -0.846. The van der Waals surface area contributed by atoms with Crippen LogP contribution < -0.4 is 0 Å². The molecule has 0 fully saturated rings. The Hall–Kier alpha value is -1.72. The van der Waals surface area contributed by atoms with Gasteiger partial charge in [-0.25, -0.2) is 0 Å². The van der Waals surface area contributed by atoms with E-state index < -0.39 is 12.0 Å². The Morgan fingerprint density at radius 1 is 1.38 bits per heavy atom. The molecule has 110 valence electrons. The standard InChI is InChI=1S/C16H17BrN2O2/c1-19(9-7-12-4-3-8-18-11-12)15(16(20)21)13-5-2-6-14(17)10-13/h2-6,8,10-11,15H,7,9H2,1H3,(H,20,21). The lowest BCUT2D eigenvalue weighted by Gasteiger charge is -2.25. The maximum Gasteiger partial charge on any atom is 0.325 e. The molecule has 4 nitrogen and oxygen atoms in total. The van der Waals surface area contributed by atoms with Crippen LogP contribution in [0.2, 0.25) is 0 Å². The molecule has 0 spiro atoms. The molecule has 0 aliphatic rings. The van der Waals surface area contributed by atoms with Gasteiger partial charge in [-0.05, 0) is 42.8 Å². The number of carbonyl (C=O) groups is 1. The molecule has 2 rings (SSSR count). The van der Waals surface area contributed by atoms with E-state index in [2.05, 4.69) is 20.9 Å². The van der Waals surface area contributed by atoms with Gasteiger partial charge in [-0.1, -0.05) is 34.1 Å². The summed E-state index contributed by atoms with van der Waals surface area (Å²) in [6.07, 6.45) is 4.31. The number of carboxylic acid groups (broad SMARTS) is 1. The third-order valence-corrected chi connectivity index (χ3v) is 3.81. The topological polar surface area (TPSA) is 53.4 Å². The van der Waals surface area contributed by atoms with Crippen LogP contribution in [0.25, 0.3) is 0 Å². The number of aromatic nitrogens is 1. The van der Waals surface area contributed by atoms with E-state index in [1.54, 1.807) is 6.20 Å². The smallest absolute Gasteiger partial charge is 0.325 e. The minimum absolute atomic E-state index is 0.648. The summed E-state index contributed by atoms with van der Waals surface area (Å²) in [4.78, 5) is 17.5. The lowest BCUT2D eigenvalue weighted by molar-refractivity contribution is -0.143. The van der Waals surface area contributed by atoms with Gasteiger partial charge < -0.3 is 5.11 Å². The Kier molecular flexibility index (Phi) is 5.47. The van der Waals surface area contributed by atoms with Crippen molar-refractivity contribution >= 4 is 21.9 Å². The second-order valence-corrected chi connectivity index (χ2v) is 5.80. The molecule has 2 aromatic rings. The Morgan fingerprint density at radius 2 is 2.19 bits per heavy atom. The maximum absolute atomic E-state index is 11.6. The van der Waals surface area contributed by atoms with Gasteiger partial charge in [0, 0.05) is 23.4 Å². The first-order valence-electron chi connectivity index (χ1n) is 6.65. The molecule has 5 heteroatoms. The molecule has 1 atom stereocenters. The van der Waals surface area contributed by atoms with Gasteiger partial charge in [0.15, 0.2) is 0 Å². The van der Waals surface area contributed by atoms with E-state index in [1.807, 2.05) is 54.5 Å². The number of rotatable bonds is 6. The van der Waals surface area contributed by atoms with Crippen molar-refractivity contribution in [2.45, 2.75) is 12.5 Å². The molecule has 0 radical (unpaired) electrons. The van der Waals surface area contributed by atoms with Crippen molar-refractivity contribution in [2.75, 3.05) is 13.6 Å². The largest absolute Gasteiger partial charge is 0.480 e. The number of halogens is 1. The van der Waals surface area contributed by atoms with Crippen molar-refractivity contribution in [3.05, 3.63) is 64.4 Å². The van der Waals surface area contributed by atoms with Crippen LogP contribution in [0.1, 0.15) is 17.2 Å². The summed E-state index contributed by atoms with van der Waals surface area (Å²) < 4.78 is 0.881. The molecule has 1 heterocycles. The minimum Gasteiger partial charge on any atom is -0.480 e. The van der Waals surface area contributed by atoms with Crippen LogP contribution >= 0.6 is 15.9 Å². The average molecular weight is 349 g/mol. The van der Waals surface area contributed by atoms with Crippen LogP contribution in [-0.2, 0) is 11.2 Å². The van der Waals surface area contributed by atoms with E-state index in [0.717, 1.165) is 22.0 Å². The van der Waals surface area contributed by atoms with Crippen molar-refractivity contribution in [1.29, 1.82) is 0 Å². The zero-order valence-corrected chi connectivity index (χ0v) is 13.3. The van der Waals surface area contributed by atoms with Crippen molar-refractivity contribution in [3.63, 3.8) is 0 Å². The summed E-state index contributed by atoms with van der Waals surface area (Å²) in [5.41, 5.74) is 1.87. The predicted molar refractivity (Wildman–Crippen MR) is 85.1 cm³/mol. The molecule has 0 bridgehead atoms. The molecule has 0 amide bonds. The van der Waals surface area contributed by atoms with Crippen LogP contribution in [0.5, 0.6) is 0 Å². The van der Waals surface area contributed by atoms with Crippen molar-refractivity contribution in [1.82, 2.24) is 9.88 Å². The molecular weight excluding hydrogens is 332 g/mol. The van der Waals surface area contributed by atoms with Gasteiger partial charge in [0.1, 0.15) is 6.04 Å². The lowest BCUT2D eigenvalue weighted by Crippen LogP contribution is -2.32. The molecule has 0 saturated carbocycles. The first kappa shape index (κ1) is 15.7. The van der Waals surface area contributed by atoms with Gasteiger partial charge in [-0.2, -0.15) is 0 Å². The Labute approximate surface area is 132 Å². The van der Waals surface area contributed by atoms with Crippen LogP contribution in [-0.4, -0.2) is 34.6 Å². The number of benzene rings is 1. The second kappa shape index (κ2) is 7.33. The molecule has 1 N–H and O–H groups in total. The van der Waals surface area contributed by atoms with E-state index in [0.29, 0.717) is 6.54 Å². The summed E-state index contributed by atoms with van der Waals surface area (Å²) in [6.45, 7) is 0.648. The van der Waals surface area contributed by atoms with Crippen molar-refractivity contribution < 1.29 is 9.90 Å². The fourth-order valence-electron chi connectivity index (χ4n) is 2.24. The first-order valence-corrected chi connectivity index (χ1v) is 7.44. The number of carboxylic acids is 1. The maximum atomic E-state index is 11.6. The zero-order chi connectivity index (χ0) is 15.2. The van der Waals surface area contributed by atoms with Gasteiger partial charge in [0.05, 0.1) is 0 Å². The van der Waals surface area contributed by atoms with E-state index in [9.17, 15) is 9.90 Å². The highest BCUT2D eigenvalue weighted by Gasteiger charge is 2.24. The second-order valence-electron chi connectivity index (χ2n) is 4.89. The van der Waals surface area contributed by atoms with E-state index >= 15 is 0 Å². The highest BCUT2D eigenvalue weighted by atomic mass is 79.9. The Morgan fingerprint density at radius 3 is 2.81 bits per heavy atom. The highest BCUT2D eigenvalue weighted by Crippen LogP contribution is 2.23. The monoisotopic (exact) mass is 348 g/mol. The zero-order valence-electron chi connectivity index (χ0n) is 11.7. The molecule has 0 aliphatic heterocycles. The van der Waals surface area contributed by atoms with Gasteiger partial charge >= 0.3 is 5.97 Å². The van der Waals surface area contributed by atoms with Gasteiger partial charge in [-0.3, -0.25) is 14.7 Å². The fourth-order valence-corrected chi connectivity index (χ4v) is 2.66. The molecule has 1 unspecified atom stereocenters. The number of nitrogens with zero attached hydrogens (tertiary/aromatic N) is 2. The number of hydrogen-bond acceptors (Lipinski definition) is 3. The van der Waals surface area contributed by atoms with Crippen LogP contribution in [0.4, 0.5) is 0 Å². The van der Waals surface area contributed by atoms with Gasteiger partial charge in [-0.15, -0.1) is 0 Å². The molecule has 0 aliphatic carbocycles. The minimum atomic E-state index is -0.846. The van der Waals surface area contributed by atoms with Gasteiger partial charge in [0.2, 0.25) is 0 Å². The van der Waals surface area contributed by atoms with E-state index in [4.69, 9.17) is 0 Å². The summed E-state index contributed by atoms with van der Waals surface area (Å²) in [7, 11) is 1.83. The van der Waals surface area contributed by atoms with Crippen molar-refractivity contribution in [2.24, 2.45) is 0 Å². The molecule has 21 heavy (non-hydrogen) atoms.